The van der Waals surface area contributed by atoms with E-state index in [0.717, 1.165) is 0 Å². The molecule has 0 N–H and O–H groups in total. The molecule has 0 spiro atoms. The molecule has 2 aromatic heterocycles. The summed E-state index contributed by atoms with van der Waals surface area (Å²) in [6, 6.07) is 7.63. The van der Waals surface area contributed by atoms with Crippen LogP contribution in [-0.4, -0.2) is 30.8 Å². The fraction of sp³-hybridized carbons (Fsp3) is 0.143. The maximum atomic E-state index is 12.0. The van der Waals surface area contributed by atoms with E-state index >= 15 is 0 Å². The number of carbonyl (C=O) groups excluding carboxylic acids is 1. The molecule has 3 rings (SSSR count). The number of anilines is 2. The van der Waals surface area contributed by atoms with Gasteiger partial charge < -0.3 is 0 Å². The van der Waals surface area contributed by atoms with Gasteiger partial charge >= 0.3 is 0 Å². The molecule has 1 amide bonds. The second kappa shape index (κ2) is 5.44. The molecule has 1 aromatic carbocycles. The molecule has 0 aliphatic carbocycles. The van der Waals surface area contributed by atoms with E-state index in [9.17, 15) is 14.9 Å². The summed E-state index contributed by atoms with van der Waals surface area (Å²) in [6.07, 6.45) is 1.30. The number of amides is 1. The molecular weight excluding hydrogens is 300 g/mol. The van der Waals surface area contributed by atoms with Gasteiger partial charge in [-0.2, -0.15) is 15.0 Å². The van der Waals surface area contributed by atoms with Crippen LogP contribution in [0.4, 0.5) is 17.2 Å². The predicted octanol–water partition coefficient (Wildman–Crippen LogP) is 1.96. The molecule has 0 atom stereocenters. The van der Waals surface area contributed by atoms with Gasteiger partial charge in [-0.1, -0.05) is 0 Å². The third kappa shape index (κ3) is 2.71. The van der Waals surface area contributed by atoms with Crippen molar-refractivity contribution in [3.8, 4) is 0 Å². The Hall–Kier alpha value is -3.36. The first-order valence-electron chi connectivity index (χ1n) is 6.68. The molecule has 9 heteroatoms. The van der Waals surface area contributed by atoms with Gasteiger partial charge in [-0.05, 0) is 18.2 Å². The number of rotatable bonds is 3. The van der Waals surface area contributed by atoms with Gasteiger partial charge in [-0.25, -0.2) is 4.98 Å². The summed E-state index contributed by atoms with van der Waals surface area (Å²) in [6.45, 7) is 1.36. The Kier molecular flexibility index (Phi) is 3.45. The average molecular weight is 312 g/mol. The smallest absolute Gasteiger partial charge is 0.274 e. The summed E-state index contributed by atoms with van der Waals surface area (Å²) in [4.78, 5) is 29.2. The average Bonchev–Trinajstić information content (AvgIpc) is 2.86. The van der Waals surface area contributed by atoms with Crippen molar-refractivity contribution in [3.63, 3.8) is 0 Å². The SMILES string of the molecule is CC(=O)N(c1ccc2nn(C)nc2c1)c1cc([N+](=O)[O-])ccn1. The van der Waals surface area contributed by atoms with Gasteiger partial charge in [-0.3, -0.25) is 19.8 Å². The Bertz CT molecular complexity index is 920. The fourth-order valence-electron chi connectivity index (χ4n) is 2.27. The van der Waals surface area contributed by atoms with E-state index in [1.807, 2.05) is 0 Å². The van der Waals surface area contributed by atoms with E-state index < -0.39 is 4.92 Å². The normalized spacial score (nSPS) is 10.7. The first-order valence-corrected chi connectivity index (χ1v) is 6.68. The van der Waals surface area contributed by atoms with Gasteiger partial charge in [-0.15, -0.1) is 0 Å². The first kappa shape index (κ1) is 14.6. The number of aromatic nitrogens is 4. The number of hydrogen-bond acceptors (Lipinski definition) is 6. The van der Waals surface area contributed by atoms with E-state index in [0.29, 0.717) is 16.7 Å². The predicted molar refractivity (Wildman–Crippen MR) is 82.2 cm³/mol. The second-order valence-electron chi connectivity index (χ2n) is 4.85. The zero-order valence-electron chi connectivity index (χ0n) is 12.4. The molecular formula is C14H12N6O3. The van der Waals surface area contributed by atoms with Crippen LogP contribution in [-0.2, 0) is 11.8 Å². The molecule has 0 saturated heterocycles. The second-order valence-corrected chi connectivity index (χ2v) is 4.85. The van der Waals surface area contributed by atoms with Crippen LogP contribution in [0.3, 0.4) is 0 Å². The summed E-state index contributed by atoms with van der Waals surface area (Å²) < 4.78 is 0. The van der Waals surface area contributed by atoms with Crippen molar-refractivity contribution in [2.75, 3.05) is 4.90 Å². The van der Waals surface area contributed by atoms with Gasteiger partial charge in [0.05, 0.1) is 16.7 Å². The fourth-order valence-corrected chi connectivity index (χ4v) is 2.27. The topological polar surface area (TPSA) is 107 Å². The van der Waals surface area contributed by atoms with Crippen molar-refractivity contribution >= 4 is 34.1 Å². The first-order chi connectivity index (χ1) is 11.0. The number of pyridine rings is 1. The highest BCUT2D eigenvalue weighted by Crippen LogP contribution is 2.28. The minimum Gasteiger partial charge on any atom is -0.274 e. The molecule has 116 valence electrons. The number of hydrogen-bond donors (Lipinski definition) is 0. The minimum atomic E-state index is -0.532. The summed E-state index contributed by atoms with van der Waals surface area (Å²) in [5, 5.41) is 19.3. The van der Waals surface area contributed by atoms with E-state index in [-0.39, 0.29) is 17.4 Å². The van der Waals surface area contributed by atoms with Crippen molar-refractivity contribution < 1.29 is 9.72 Å². The summed E-state index contributed by atoms with van der Waals surface area (Å²) >= 11 is 0. The number of carbonyl (C=O) groups is 1. The van der Waals surface area contributed by atoms with E-state index in [1.165, 1.54) is 34.9 Å². The van der Waals surface area contributed by atoms with Gasteiger partial charge in [0.15, 0.2) is 0 Å². The number of nitro groups is 1. The highest BCUT2D eigenvalue weighted by atomic mass is 16.6. The Morgan fingerprint density at radius 1 is 1.22 bits per heavy atom. The maximum Gasteiger partial charge on any atom is 0.274 e. The van der Waals surface area contributed by atoms with Crippen molar-refractivity contribution in [1.82, 2.24) is 20.0 Å². The van der Waals surface area contributed by atoms with Crippen LogP contribution in [0.5, 0.6) is 0 Å². The Balaban J connectivity index is 2.11. The van der Waals surface area contributed by atoms with Crippen LogP contribution in [0.1, 0.15) is 6.92 Å². The third-order valence-corrected chi connectivity index (χ3v) is 3.21. The van der Waals surface area contributed by atoms with Crippen molar-refractivity contribution in [2.45, 2.75) is 6.92 Å². The lowest BCUT2D eigenvalue weighted by atomic mass is 10.2. The van der Waals surface area contributed by atoms with E-state index in [4.69, 9.17) is 0 Å². The van der Waals surface area contributed by atoms with Gasteiger partial charge in [0.1, 0.15) is 16.9 Å². The quantitative estimate of drug-likeness (QED) is 0.540. The van der Waals surface area contributed by atoms with Gasteiger partial charge in [0.25, 0.3) is 5.69 Å². The highest BCUT2D eigenvalue weighted by molar-refractivity contribution is 5.99. The van der Waals surface area contributed by atoms with Crippen LogP contribution in [0.25, 0.3) is 11.0 Å². The van der Waals surface area contributed by atoms with Gasteiger partial charge in [0, 0.05) is 26.2 Å². The monoisotopic (exact) mass is 312 g/mol. The van der Waals surface area contributed by atoms with E-state index in [2.05, 4.69) is 15.2 Å². The molecule has 0 unspecified atom stereocenters. The Morgan fingerprint density at radius 3 is 2.65 bits per heavy atom. The number of benzene rings is 1. The molecule has 2 heterocycles. The molecule has 0 radical (unpaired) electrons. The van der Waals surface area contributed by atoms with Crippen LogP contribution in [0.2, 0.25) is 0 Å². The maximum absolute atomic E-state index is 12.0. The molecule has 0 aliphatic heterocycles. The standard InChI is InChI=1S/C14H12N6O3/c1-9(21)19(14-8-11(20(22)23)5-6-15-14)10-3-4-12-13(7-10)17-18(2)16-12/h3-8H,1-2H3. The zero-order chi connectivity index (χ0) is 16.6. The van der Waals surface area contributed by atoms with Crippen LogP contribution < -0.4 is 4.90 Å². The number of nitrogens with zero attached hydrogens (tertiary/aromatic N) is 6. The summed E-state index contributed by atoms with van der Waals surface area (Å²) in [5.74, 6) is -0.142. The zero-order valence-corrected chi connectivity index (χ0v) is 12.4. The van der Waals surface area contributed by atoms with Crippen LogP contribution >= 0.6 is 0 Å². The summed E-state index contributed by atoms with van der Waals surface area (Å²) in [5.41, 5.74) is 1.67. The Morgan fingerprint density at radius 2 is 1.96 bits per heavy atom. The van der Waals surface area contributed by atoms with Crippen molar-refractivity contribution in [2.24, 2.45) is 7.05 Å². The third-order valence-electron chi connectivity index (χ3n) is 3.21. The molecule has 0 bridgehead atoms. The highest BCUT2D eigenvalue weighted by Gasteiger charge is 2.19. The molecule has 9 nitrogen and oxygen atoms in total. The number of aryl methyl sites for hydroxylation is 1. The van der Waals surface area contributed by atoms with E-state index in [1.54, 1.807) is 25.2 Å². The molecule has 0 fully saturated rings. The molecule has 3 aromatic rings. The molecule has 0 aliphatic rings. The largest absolute Gasteiger partial charge is 0.274 e. The lowest BCUT2D eigenvalue weighted by molar-refractivity contribution is -0.384. The Labute approximate surface area is 130 Å². The van der Waals surface area contributed by atoms with Crippen LogP contribution in [0.15, 0.2) is 36.5 Å². The lowest BCUT2D eigenvalue weighted by Crippen LogP contribution is -2.23. The van der Waals surface area contributed by atoms with Crippen molar-refractivity contribution in [3.05, 3.63) is 46.6 Å². The molecule has 0 saturated carbocycles. The minimum absolute atomic E-state index is 0.137. The van der Waals surface area contributed by atoms with Crippen molar-refractivity contribution in [1.29, 1.82) is 0 Å². The number of fused-ring (bicyclic) bond motifs is 1. The lowest BCUT2D eigenvalue weighted by Gasteiger charge is -2.19. The van der Waals surface area contributed by atoms with Crippen LogP contribution in [0, 0.1) is 10.1 Å². The van der Waals surface area contributed by atoms with Gasteiger partial charge in [0.2, 0.25) is 5.91 Å². The summed E-state index contributed by atoms with van der Waals surface area (Å²) in [7, 11) is 1.70. The molecule has 23 heavy (non-hydrogen) atoms.